The number of halogens is 4. The van der Waals surface area contributed by atoms with Crippen LogP contribution in [0.3, 0.4) is 0 Å². The molecule has 2 saturated carbocycles. The zero-order valence-corrected chi connectivity index (χ0v) is 23.1. The summed E-state index contributed by atoms with van der Waals surface area (Å²) in [6, 6.07) is 7.30. The van der Waals surface area contributed by atoms with Crippen molar-refractivity contribution in [2.45, 2.75) is 45.3 Å². The molecule has 2 bridgehead atoms. The fourth-order valence-electron chi connectivity index (χ4n) is 6.71. The number of amides is 2. The molecule has 1 aliphatic heterocycles. The Bertz CT molecular complexity index is 1430. The third-order valence-corrected chi connectivity index (χ3v) is 8.44. The highest BCUT2D eigenvalue weighted by Crippen LogP contribution is 2.54. The van der Waals surface area contributed by atoms with Crippen LogP contribution in [0.4, 0.5) is 23.2 Å². The summed E-state index contributed by atoms with van der Waals surface area (Å²) in [6.45, 7) is 5.52. The van der Waals surface area contributed by atoms with Crippen LogP contribution in [0.5, 0.6) is 5.75 Å². The monoisotopic (exact) mass is 571 g/mol. The molecular formula is C31H33F4N3O3. The van der Waals surface area contributed by atoms with Crippen molar-refractivity contribution in [3.05, 3.63) is 76.1 Å². The summed E-state index contributed by atoms with van der Waals surface area (Å²) in [7, 11) is 1.49. The van der Waals surface area contributed by atoms with Gasteiger partial charge in [0, 0.05) is 24.2 Å². The van der Waals surface area contributed by atoms with Gasteiger partial charge in [-0.15, -0.1) is 0 Å². The van der Waals surface area contributed by atoms with Gasteiger partial charge in [0.15, 0.2) is 0 Å². The summed E-state index contributed by atoms with van der Waals surface area (Å²) in [6.07, 6.45) is -0.476. The Morgan fingerprint density at radius 3 is 2.46 bits per heavy atom. The number of carbonyl (C=O) groups excluding carboxylic acids is 2. The summed E-state index contributed by atoms with van der Waals surface area (Å²) in [5.74, 6) is -2.86. The molecule has 0 spiro atoms. The number of methoxy groups -OCH3 is 1. The lowest BCUT2D eigenvalue weighted by molar-refractivity contribution is -0.140. The number of fused-ring (bicyclic) bond motifs is 2. The van der Waals surface area contributed by atoms with Crippen molar-refractivity contribution in [3.63, 3.8) is 0 Å². The average Bonchev–Trinajstić information content (AvgIpc) is 3.50. The van der Waals surface area contributed by atoms with Crippen LogP contribution < -0.4 is 20.7 Å². The van der Waals surface area contributed by atoms with Crippen LogP contribution >= 0.6 is 0 Å². The molecule has 218 valence electrons. The second-order valence-corrected chi connectivity index (χ2v) is 11.1. The quantitative estimate of drug-likeness (QED) is 0.295. The smallest absolute Gasteiger partial charge is 0.419 e. The van der Waals surface area contributed by atoms with E-state index in [0.29, 0.717) is 23.4 Å². The third kappa shape index (κ3) is 5.62. The number of carbonyl (C=O) groups is 2. The zero-order valence-electron chi connectivity index (χ0n) is 23.1. The van der Waals surface area contributed by atoms with Gasteiger partial charge in [0.1, 0.15) is 11.6 Å². The number of rotatable bonds is 6. The molecule has 4 atom stereocenters. The molecule has 2 aliphatic carbocycles. The molecule has 6 nitrogen and oxygen atoms in total. The van der Waals surface area contributed by atoms with Gasteiger partial charge in [0.25, 0.3) is 5.91 Å². The molecule has 2 fully saturated rings. The minimum absolute atomic E-state index is 0.0787. The Balaban J connectivity index is 1.44. The summed E-state index contributed by atoms with van der Waals surface area (Å²) in [4.78, 5) is 27.4. The van der Waals surface area contributed by atoms with Crippen molar-refractivity contribution < 1.29 is 31.9 Å². The number of hydrogen-bond donors (Lipinski definition) is 3. The van der Waals surface area contributed by atoms with Crippen LogP contribution in [0, 0.1) is 23.6 Å². The summed E-state index contributed by atoms with van der Waals surface area (Å²) in [5, 5.41) is 8.93. The maximum Gasteiger partial charge on any atom is 0.419 e. The van der Waals surface area contributed by atoms with Crippen LogP contribution in [-0.4, -0.2) is 38.1 Å². The number of nitrogens with one attached hydrogen (secondary N) is 3. The minimum Gasteiger partial charge on any atom is -0.496 e. The number of ether oxygens (including phenoxy) is 1. The molecule has 3 aliphatic rings. The Morgan fingerprint density at radius 2 is 1.80 bits per heavy atom. The van der Waals surface area contributed by atoms with E-state index >= 15 is 0 Å². The van der Waals surface area contributed by atoms with Crippen molar-refractivity contribution in [2.24, 2.45) is 17.8 Å². The average molecular weight is 572 g/mol. The van der Waals surface area contributed by atoms with Gasteiger partial charge in [0.2, 0.25) is 5.91 Å². The van der Waals surface area contributed by atoms with E-state index in [9.17, 15) is 27.2 Å². The van der Waals surface area contributed by atoms with Crippen LogP contribution in [-0.2, 0) is 11.0 Å². The molecule has 0 saturated heterocycles. The highest BCUT2D eigenvalue weighted by Gasteiger charge is 2.55. The SMILES string of the molecule is COc1ccc(C2=CCNCC2)cc1C(=O)N[C@@H]1C2CCC(C2=C(C)C)[C@@H]1C(=O)Nc1ccc(F)c(C(F)(F)F)c1. The number of allylic oxidation sites excluding steroid dienone is 1. The standard InChI is InChI=1S/C31H33F4N3O3/c1-16(2)26-20-6-7-21(26)28(27(20)30(40)37-19-5-8-24(32)23(15-19)31(33,34)35)38-29(39)22-14-18(4-9-25(22)41-3)17-10-12-36-13-11-17/h4-5,8-10,14-15,20-21,27-28,36H,6-7,11-13H2,1-3H3,(H,37,40)(H,38,39)/t20?,21?,27-,28+/m0/s1. The van der Waals surface area contributed by atoms with Gasteiger partial charge < -0.3 is 20.7 Å². The first-order valence-electron chi connectivity index (χ1n) is 13.7. The Kier molecular flexibility index (Phi) is 7.96. The first-order chi connectivity index (χ1) is 19.5. The minimum atomic E-state index is -4.90. The molecule has 41 heavy (non-hydrogen) atoms. The van der Waals surface area contributed by atoms with Crippen LogP contribution in [0.15, 0.2) is 53.6 Å². The second kappa shape index (κ2) is 11.3. The van der Waals surface area contributed by atoms with E-state index in [2.05, 4.69) is 22.0 Å². The van der Waals surface area contributed by atoms with Crippen molar-refractivity contribution in [3.8, 4) is 5.75 Å². The Morgan fingerprint density at radius 1 is 1.05 bits per heavy atom. The number of benzene rings is 2. The van der Waals surface area contributed by atoms with Gasteiger partial charge in [-0.05, 0) is 87.0 Å². The van der Waals surface area contributed by atoms with E-state index < -0.39 is 35.4 Å². The molecular weight excluding hydrogens is 538 g/mol. The molecule has 0 aromatic heterocycles. The van der Waals surface area contributed by atoms with Gasteiger partial charge in [-0.3, -0.25) is 9.59 Å². The summed E-state index contributed by atoms with van der Waals surface area (Å²) < 4.78 is 59.2. The van der Waals surface area contributed by atoms with Gasteiger partial charge in [-0.1, -0.05) is 23.3 Å². The topological polar surface area (TPSA) is 79.5 Å². The normalized spacial score (nSPS) is 23.7. The Hall–Kier alpha value is -3.66. The Labute approximate surface area is 236 Å². The number of alkyl halides is 3. The lowest BCUT2D eigenvalue weighted by Crippen LogP contribution is -2.48. The van der Waals surface area contributed by atoms with E-state index in [1.165, 1.54) is 7.11 Å². The van der Waals surface area contributed by atoms with Crippen LogP contribution in [0.1, 0.15) is 54.6 Å². The summed E-state index contributed by atoms with van der Waals surface area (Å²) >= 11 is 0. The highest BCUT2D eigenvalue weighted by atomic mass is 19.4. The second-order valence-electron chi connectivity index (χ2n) is 11.1. The van der Waals surface area contributed by atoms with E-state index in [-0.39, 0.29) is 23.4 Å². The van der Waals surface area contributed by atoms with E-state index in [4.69, 9.17) is 4.74 Å². The third-order valence-electron chi connectivity index (χ3n) is 8.44. The molecule has 0 radical (unpaired) electrons. The van der Waals surface area contributed by atoms with Gasteiger partial charge in [-0.2, -0.15) is 13.2 Å². The number of hydrogen-bond acceptors (Lipinski definition) is 4. The molecule has 5 rings (SSSR count). The van der Waals surface area contributed by atoms with Crippen molar-refractivity contribution >= 4 is 23.1 Å². The summed E-state index contributed by atoms with van der Waals surface area (Å²) in [5.41, 5.74) is 2.95. The maximum atomic E-state index is 13.8. The maximum absolute atomic E-state index is 13.8. The first-order valence-corrected chi connectivity index (χ1v) is 13.7. The van der Waals surface area contributed by atoms with Crippen LogP contribution in [0.25, 0.3) is 5.57 Å². The van der Waals surface area contributed by atoms with Crippen molar-refractivity contribution in [2.75, 3.05) is 25.5 Å². The lowest BCUT2D eigenvalue weighted by Gasteiger charge is -2.30. The zero-order chi connectivity index (χ0) is 29.5. The largest absolute Gasteiger partial charge is 0.496 e. The van der Waals surface area contributed by atoms with E-state index in [1.54, 1.807) is 12.1 Å². The van der Waals surface area contributed by atoms with Gasteiger partial charge in [-0.25, -0.2) is 4.39 Å². The van der Waals surface area contributed by atoms with Crippen molar-refractivity contribution in [1.82, 2.24) is 10.6 Å². The molecule has 2 unspecified atom stereocenters. The first kappa shape index (κ1) is 28.9. The van der Waals surface area contributed by atoms with Gasteiger partial charge >= 0.3 is 6.18 Å². The fraction of sp³-hybridized carbons (Fsp3) is 0.419. The van der Waals surface area contributed by atoms with Crippen molar-refractivity contribution in [1.29, 1.82) is 0 Å². The van der Waals surface area contributed by atoms with Gasteiger partial charge in [0.05, 0.1) is 24.2 Å². The van der Waals surface area contributed by atoms with Crippen LogP contribution in [0.2, 0.25) is 0 Å². The molecule has 3 N–H and O–H groups in total. The molecule has 10 heteroatoms. The predicted molar refractivity (Wildman–Crippen MR) is 148 cm³/mol. The molecule has 2 aromatic rings. The lowest BCUT2D eigenvalue weighted by atomic mass is 9.83. The molecule has 2 aromatic carbocycles. The predicted octanol–water partition coefficient (Wildman–Crippen LogP) is 5.96. The fourth-order valence-corrected chi connectivity index (χ4v) is 6.71. The highest BCUT2D eigenvalue weighted by molar-refractivity contribution is 6.00. The van der Waals surface area contributed by atoms with E-state index in [0.717, 1.165) is 60.7 Å². The number of anilines is 1. The molecule has 1 heterocycles. The van der Waals surface area contributed by atoms with E-state index in [1.807, 2.05) is 19.9 Å². The molecule has 2 amide bonds.